The second kappa shape index (κ2) is 6.24. The van der Waals surface area contributed by atoms with Gasteiger partial charge in [0.1, 0.15) is 5.75 Å². The van der Waals surface area contributed by atoms with Crippen molar-refractivity contribution in [3.8, 4) is 5.75 Å². The van der Waals surface area contributed by atoms with Gasteiger partial charge in [-0.15, -0.1) is 11.3 Å². The molecule has 1 heterocycles. The summed E-state index contributed by atoms with van der Waals surface area (Å²) in [5, 5.41) is 7.59. The van der Waals surface area contributed by atoms with Gasteiger partial charge in [0.15, 0.2) is 0 Å². The van der Waals surface area contributed by atoms with Crippen molar-refractivity contribution in [2.45, 2.75) is 13.5 Å². The first kappa shape index (κ1) is 13.4. The molecular weight excluding hydrogens is 260 g/mol. The molecule has 100 valence electrons. The minimum atomic E-state index is -0.239. The minimum absolute atomic E-state index is 0.239. The predicted octanol–water partition coefficient (Wildman–Crippen LogP) is 3.39. The van der Waals surface area contributed by atoms with E-state index in [9.17, 15) is 4.79 Å². The Bertz CT molecular complexity index is 553. The third kappa shape index (κ3) is 3.72. The SMILES string of the molecule is COc1ccc(C)cc1NC(=O)NCc1cccs1. The largest absolute Gasteiger partial charge is 0.495 e. The van der Waals surface area contributed by atoms with E-state index in [0.29, 0.717) is 18.0 Å². The summed E-state index contributed by atoms with van der Waals surface area (Å²) in [5.41, 5.74) is 1.74. The van der Waals surface area contributed by atoms with Crippen molar-refractivity contribution in [3.05, 3.63) is 46.2 Å². The number of methoxy groups -OCH3 is 1. The van der Waals surface area contributed by atoms with Crippen LogP contribution in [0.1, 0.15) is 10.4 Å². The summed E-state index contributed by atoms with van der Waals surface area (Å²) < 4.78 is 5.21. The number of carbonyl (C=O) groups is 1. The van der Waals surface area contributed by atoms with Crippen LogP contribution in [0.3, 0.4) is 0 Å². The molecule has 0 atom stereocenters. The van der Waals surface area contributed by atoms with Crippen molar-refractivity contribution < 1.29 is 9.53 Å². The molecule has 0 aliphatic heterocycles. The molecule has 0 saturated carbocycles. The molecule has 0 saturated heterocycles. The molecular formula is C14H16N2O2S. The molecule has 0 unspecified atom stereocenters. The molecule has 0 aliphatic rings. The van der Waals surface area contributed by atoms with E-state index in [4.69, 9.17) is 4.74 Å². The van der Waals surface area contributed by atoms with Gasteiger partial charge in [0, 0.05) is 4.88 Å². The van der Waals surface area contributed by atoms with Gasteiger partial charge in [-0.2, -0.15) is 0 Å². The Balaban J connectivity index is 1.96. The van der Waals surface area contributed by atoms with E-state index >= 15 is 0 Å². The fraction of sp³-hybridized carbons (Fsp3) is 0.214. The topological polar surface area (TPSA) is 50.4 Å². The Morgan fingerprint density at radius 3 is 2.89 bits per heavy atom. The minimum Gasteiger partial charge on any atom is -0.495 e. The summed E-state index contributed by atoms with van der Waals surface area (Å²) >= 11 is 1.61. The summed E-state index contributed by atoms with van der Waals surface area (Å²) in [6, 6.07) is 9.36. The normalized spacial score (nSPS) is 10.0. The summed E-state index contributed by atoms with van der Waals surface area (Å²) in [7, 11) is 1.58. The molecule has 0 bridgehead atoms. The maximum atomic E-state index is 11.8. The van der Waals surface area contributed by atoms with Gasteiger partial charge in [0.05, 0.1) is 19.3 Å². The van der Waals surface area contributed by atoms with E-state index in [1.165, 1.54) is 0 Å². The first-order chi connectivity index (χ1) is 9.19. The predicted molar refractivity (Wildman–Crippen MR) is 77.9 cm³/mol. The molecule has 0 radical (unpaired) electrons. The number of ether oxygens (including phenoxy) is 1. The molecule has 0 aliphatic carbocycles. The lowest BCUT2D eigenvalue weighted by molar-refractivity contribution is 0.251. The number of rotatable bonds is 4. The molecule has 2 N–H and O–H groups in total. The zero-order chi connectivity index (χ0) is 13.7. The van der Waals surface area contributed by atoms with Crippen molar-refractivity contribution in [2.75, 3.05) is 12.4 Å². The Kier molecular flexibility index (Phi) is 4.41. The Labute approximate surface area is 116 Å². The highest BCUT2D eigenvalue weighted by Crippen LogP contribution is 2.24. The van der Waals surface area contributed by atoms with E-state index in [1.807, 2.05) is 42.6 Å². The number of carbonyl (C=O) groups excluding carboxylic acids is 1. The average Bonchev–Trinajstić information content (AvgIpc) is 2.90. The quantitative estimate of drug-likeness (QED) is 0.899. The van der Waals surface area contributed by atoms with Gasteiger partial charge in [0.25, 0.3) is 0 Å². The maximum Gasteiger partial charge on any atom is 0.319 e. The second-order valence-corrected chi connectivity index (χ2v) is 5.12. The van der Waals surface area contributed by atoms with Crippen LogP contribution >= 0.6 is 11.3 Å². The maximum absolute atomic E-state index is 11.8. The molecule has 0 spiro atoms. The monoisotopic (exact) mass is 276 g/mol. The number of amides is 2. The van der Waals surface area contributed by atoms with Crippen LogP contribution in [0.15, 0.2) is 35.7 Å². The van der Waals surface area contributed by atoms with Crippen LogP contribution in [-0.4, -0.2) is 13.1 Å². The standard InChI is InChI=1S/C14H16N2O2S/c1-10-5-6-13(18-2)12(8-10)16-14(17)15-9-11-4-3-7-19-11/h3-8H,9H2,1-2H3,(H2,15,16,17). The molecule has 2 rings (SSSR count). The van der Waals surface area contributed by atoms with Crippen LogP contribution in [0.25, 0.3) is 0 Å². The zero-order valence-corrected chi connectivity index (χ0v) is 11.7. The highest BCUT2D eigenvalue weighted by Gasteiger charge is 2.07. The molecule has 2 aromatic rings. The lowest BCUT2D eigenvalue weighted by atomic mass is 10.2. The van der Waals surface area contributed by atoms with Crippen molar-refractivity contribution in [2.24, 2.45) is 0 Å². The fourth-order valence-electron chi connectivity index (χ4n) is 1.67. The van der Waals surface area contributed by atoms with Crippen LogP contribution in [-0.2, 0) is 6.54 Å². The van der Waals surface area contributed by atoms with Crippen LogP contribution in [0.5, 0.6) is 5.75 Å². The van der Waals surface area contributed by atoms with Crippen molar-refractivity contribution >= 4 is 23.1 Å². The van der Waals surface area contributed by atoms with Crippen LogP contribution < -0.4 is 15.4 Å². The van der Waals surface area contributed by atoms with Gasteiger partial charge < -0.3 is 15.4 Å². The van der Waals surface area contributed by atoms with Gasteiger partial charge in [0.2, 0.25) is 0 Å². The Morgan fingerprint density at radius 2 is 2.21 bits per heavy atom. The molecule has 2 amide bonds. The number of hydrogen-bond acceptors (Lipinski definition) is 3. The smallest absolute Gasteiger partial charge is 0.319 e. The van der Waals surface area contributed by atoms with Gasteiger partial charge in [-0.3, -0.25) is 0 Å². The van der Waals surface area contributed by atoms with E-state index in [0.717, 1.165) is 10.4 Å². The third-order valence-electron chi connectivity index (χ3n) is 2.61. The molecule has 19 heavy (non-hydrogen) atoms. The van der Waals surface area contributed by atoms with Crippen molar-refractivity contribution in [1.82, 2.24) is 5.32 Å². The van der Waals surface area contributed by atoms with E-state index in [2.05, 4.69) is 10.6 Å². The number of hydrogen-bond donors (Lipinski definition) is 2. The number of urea groups is 1. The summed E-state index contributed by atoms with van der Waals surface area (Å²) in [5.74, 6) is 0.650. The number of aryl methyl sites for hydroxylation is 1. The fourth-order valence-corrected chi connectivity index (χ4v) is 2.31. The number of benzene rings is 1. The Morgan fingerprint density at radius 1 is 1.37 bits per heavy atom. The first-order valence-electron chi connectivity index (χ1n) is 5.91. The number of nitrogens with one attached hydrogen (secondary N) is 2. The lowest BCUT2D eigenvalue weighted by Gasteiger charge is -2.11. The van der Waals surface area contributed by atoms with Gasteiger partial charge >= 0.3 is 6.03 Å². The molecule has 1 aromatic carbocycles. The summed E-state index contributed by atoms with van der Waals surface area (Å²) in [4.78, 5) is 12.9. The highest BCUT2D eigenvalue weighted by molar-refractivity contribution is 7.09. The lowest BCUT2D eigenvalue weighted by Crippen LogP contribution is -2.28. The third-order valence-corrected chi connectivity index (χ3v) is 3.48. The number of thiophene rings is 1. The zero-order valence-electron chi connectivity index (χ0n) is 10.9. The van der Waals surface area contributed by atoms with Crippen molar-refractivity contribution in [1.29, 1.82) is 0 Å². The summed E-state index contributed by atoms with van der Waals surface area (Å²) in [6.07, 6.45) is 0. The summed E-state index contributed by atoms with van der Waals surface area (Å²) in [6.45, 7) is 2.49. The average molecular weight is 276 g/mol. The van der Waals surface area contributed by atoms with Crippen LogP contribution in [0, 0.1) is 6.92 Å². The first-order valence-corrected chi connectivity index (χ1v) is 6.79. The number of anilines is 1. The Hall–Kier alpha value is -2.01. The van der Waals surface area contributed by atoms with Gasteiger partial charge in [-0.1, -0.05) is 12.1 Å². The van der Waals surface area contributed by atoms with E-state index in [1.54, 1.807) is 18.4 Å². The van der Waals surface area contributed by atoms with E-state index < -0.39 is 0 Å². The molecule has 4 nitrogen and oxygen atoms in total. The van der Waals surface area contributed by atoms with Gasteiger partial charge in [-0.05, 0) is 36.1 Å². The van der Waals surface area contributed by atoms with Crippen LogP contribution in [0.4, 0.5) is 10.5 Å². The molecule has 1 aromatic heterocycles. The molecule has 0 fully saturated rings. The molecule has 5 heteroatoms. The highest BCUT2D eigenvalue weighted by atomic mass is 32.1. The van der Waals surface area contributed by atoms with Crippen LogP contribution in [0.2, 0.25) is 0 Å². The van der Waals surface area contributed by atoms with E-state index in [-0.39, 0.29) is 6.03 Å². The second-order valence-electron chi connectivity index (χ2n) is 4.09. The van der Waals surface area contributed by atoms with Crippen molar-refractivity contribution in [3.63, 3.8) is 0 Å². The van der Waals surface area contributed by atoms with Gasteiger partial charge in [-0.25, -0.2) is 4.79 Å².